The summed E-state index contributed by atoms with van der Waals surface area (Å²) in [6, 6.07) is 1.57. The molecule has 0 saturated heterocycles. The Morgan fingerprint density at radius 2 is 2.18 bits per heavy atom. The molecule has 0 spiro atoms. The number of hydrogen-bond donors (Lipinski definition) is 0. The lowest BCUT2D eigenvalue weighted by atomic mass is 10.5. The second-order valence-corrected chi connectivity index (χ2v) is 3.27. The average Bonchev–Trinajstić information content (AvgIpc) is 1.85. The fourth-order valence-electron chi connectivity index (χ4n) is 0.593. The SMILES string of the molecule is CCCN(CC#N)S(=O)(=O)F. The lowest BCUT2D eigenvalue weighted by molar-refractivity contribution is 0.412. The van der Waals surface area contributed by atoms with Gasteiger partial charge in [-0.3, -0.25) is 0 Å². The minimum atomic E-state index is -4.68. The molecule has 0 N–H and O–H groups in total. The van der Waals surface area contributed by atoms with E-state index in [0.29, 0.717) is 10.7 Å². The summed E-state index contributed by atoms with van der Waals surface area (Å²) in [5.74, 6) is 0. The fraction of sp³-hybridized carbons (Fsp3) is 0.800. The Morgan fingerprint density at radius 3 is 2.45 bits per heavy atom. The molecule has 11 heavy (non-hydrogen) atoms. The van der Waals surface area contributed by atoms with Crippen molar-refractivity contribution >= 4 is 10.4 Å². The Balaban J connectivity index is 4.25. The molecular formula is C5H9FN2O2S. The Kier molecular flexibility index (Phi) is 4.00. The highest BCUT2D eigenvalue weighted by Crippen LogP contribution is 2.02. The second kappa shape index (κ2) is 4.26. The molecule has 0 amide bonds. The van der Waals surface area contributed by atoms with E-state index in [9.17, 15) is 12.3 Å². The smallest absolute Gasteiger partial charge is 0.197 e. The Hall–Kier alpha value is -0.670. The third-order valence-electron chi connectivity index (χ3n) is 1.03. The topological polar surface area (TPSA) is 61.2 Å². The summed E-state index contributed by atoms with van der Waals surface area (Å²) in [5, 5.41) is 8.10. The van der Waals surface area contributed by atoms with Crippen molar-refractivity contribution in [3.63, 3.8) is 0 Å². The van der Waals surface area contributed by atoms with Crippen molar-refractivity contribution in [1.29, 1.82) is 5.26 Å². The molecule has 0 aliphatic heterocycles. The van der Waals surface area contributed by atoms with Crippen LogP contribution in [0.3, 0.4) is 0 Å². The van der Waals surface area contributed by atoms with Crippen LogP contribution in [-0.2, 0) is 10.4 Å². The summed E-state index contributed by atoms with van der Waals surface area (Å²) in [6.45, 7) is 1.33. The largest absolute Gasteiger partial charge is 0.375 e. The van der Waals surface area contributed by atoms with E-state index < -0.39 is 17.0 Å². The normalized spacial score (nSPS) is 11.5. The first-order valence-electron chi connectivity index (χ1n) is 3.09. The van der Waals surface area contributed by atoms with Crippen LogP contribution >= 0.6 is 0 Å². The molecule has 0 fully saturated rings. The molecule has 0 rings (SSSR count). The first-order valence-corrected chi connectivity index (χ1v) is 4.43. The van der Waals surface area contributed by atoms with Crippen molar-refractivity contribution in [1.82, 2.24) is 4.31 Å². The molecule has 0 heterocycles. The van der Waals surface area contributed by atoms with Crippen LogP contribution in [0.1, 0.15) is 13.3 Å². The van der Waals surface area contributed by atoms with Gasteiger partial charge in [-0.15, -0.1) is 0 Å². The molecule has 0 aliphatic rings. The third kappa shape index (κ3) is 3.91. The predicted molar refractivity (Wildman–Crippen MR) is 37.5 cm³/mol. The number of hydrogen-bond acceptors (Lipinski definition) is 3. The van der Waals surface area contributed by atoms with Crippen LogP contribution in [0.4, 0.5) is 3.89 Å². The van der Waals surface area contributed by atoms with Gasteiger partial charge < -0.3 is 0 Å². The van der Waals surface area contributed by atoms with Gasteiger partial charge in [0.2, 0.25) is 0 Å². The highest BCUT2D eigenvalue weighted by molar-refractivity contribution is 7.83. The molecule has 0 radical (unpaired) electrons. The van der Waals surface area contributed by atoms with E-state index in [1.807, 2.05) is 0 Å². The maximum absolute atomic E-state index is 12.2. The van der Waals surface area contributed by atoms with E-state index in [1.54, 1.807) is 13.0 Å². The van der Waals surface area contributed by atoms with Gasteiger partial charge in [0.15, 0.2) is 0 Å². The van der Waals surface area contributed by atoms with Crippen molar-refractivity contribution in [3.8, 4) is 6.07 Å². The molecule has 0 unspecified atom stereocenters. The molecule has 0 saturated carbocycles. The summed E-state index contributed by atoms with van der Waals surface area (Å²) < 4.78 is 33.1. The highest BCUT2D eigenvalue weighted by Gasteiger charge is 2.18. The maximum Gasteiger partial charge on any atom is 0.375 e. The van der Waals surface area contributed by atoms with Gasteiger partial charge in [0, 0.05) is 6.54 Å². The van der Waals surface area contributed by atoms with Crippen molar-refractivity contribution in [2.24, 2.45) is 0 Å². The first-order chi connectivity index (χ1) is 5.02. The van der Waals surface area contributed by atoms with Crippen LogP contribution in [0.2, 0.25) is 0 Å². The minimum absolute atomic E-state index is 0.0480. The molecule has 0 aromatic rings. The van der Waals surface area contributed by atoms with Gasteiger partial charge in [0.1, 0.15) is 6.54 Å². The van der Waals surface area contributed by atoms with Crippen molar-refractivity contribution in [2.45, 2.75) is 13.3 Å². The van der Waals surface area contributed by atoms with Crippen LogP contribution in [0, 0.1) is 11.3 Å². The van der Waals surface area contributed by atoms with Gasteiger partial charge in [0.05, 0.1) is 6.07 Å². The van der Waals surface area contributed by atoms with Crippen molar-refractivity contribution < 1.29 is 12.3 Å². The Labute approximate surface area is 65.6 Å². The van der Waals surface area contributed by atoms with Gasteiger partial charge >= 0.3 is 10.4 Å². The van der Waals surface area contributed by atoms with Crippen LogP contribution in [0.25, 0.3) is 0 Å². The molecule has 64 valence electrons. The van der Waals surface area contributed by atoms with Gasteiger partial charge in [0.25, 0.3) is 0 Å². The molecule has 0 aromatic heterocycles. The van der Waals surface area contributed by atoms with Crippen LogP contribution in [-0.4, -0.2) is 25.8 Å². The molecular weight excluding hydrogens is 171 g/mol. The van der Waals surface area contributed by atoms with Crippen molar-refractivity contribution in [3.05, 3.63) is 0 Å². The zero-order chi connectivity index (χ0) is 8.91. The van der Waals surface area contributed by atoms with E-state index >= 15 is 0 Å². The van der Waals surface area contributed by atoms with Crippen LogP contribution in [0.15, 0.2) is 0 Å². The quantitative estimate of drug-likeness (QED) is 0.465. The first kappa shape index (κ1) is 10.3. The standard InChI is InChI=1S/C5H9FN2O2S/c1-2-4-8(5-3-7)11(6,9)10/h2,4-5H2,1H3. The Bertz CT molecular complexity index is 244. The van der Waals surface area contributed by atoms with Gasteiger partial charge in [-0.25, -0.2) is 0 Å². The summed E-state index contributed by atoms with van der Waals surface area (Å²) in [7, 11) is -4.68. The number of nitrogens with zero attached hydrogens (tertiary/aromatic N) is 2. The monoisotopic (exact) mass is 180 g/mol. The summed E-state index contributed by atoms with van der Waals surface area (Å²) in [5.41, 5.74) is 0. The second-order valence-electron chi connectivity index (χ2n) is 1.93. The highest BCUT2D eigenvalue weighted by atomic mass is 32.3. The number of rotatable bonds is 4. The molecule has 4 nitrogen and oxygen atoms in total. The van der Waals surface area contributed by atoms with Gasteiger partial charge in [-0.05, 0) is 6.42 Å². The molecule has 0 aliphatic carbocycles. The molecule has 0 aromatic carbocycles. The zero-order valence-corrected chi connectivity index (χ0v) is 6.93. The third-order valence-corrected chi connectivity index (χ3v) is 1.96. The van der Waals surface area contributed by atoms with Crippen LogP contribution in [0.5, 0.6) is 0 Å². The number of nitriles is 1. The average molecular weight is 180 g/mol. The predicted octanol–water partition coefficient (Wildman–Crippen LogP) is 0.436. The lowest BCUT2D eigenvalue weighted by Crippen LogP contribution is -2.28. The van der Waals surface area contributed by atoms with Gasteiger partial charge in [-0.2, -0.15) is 18.0 Å². The van der Waals surface area contributed by atoms with Crippen molar-refractivity contribution in [2.75, 3.05) is 13.1 Å². The van der Waals surface area contributed by atoms with E-state index in [1.165, 1.54) is 0 Å². The van der Waals surface area contributed by atoms with Gasteiger partial charge in [-0.1, -0.05) is 10.8 Å². The lowest BCUT2D eigenvalue weighted by Gasteiger charge is -2.10. The Morgan fingerprint density at radius 1 is 1.64 bits per heavy atom. The van der Waals surface area contributed by atoms with E-state index in [2.05, 4.69) is 0 Å². The summed E-state index contributed by atoms with van der Waals surface area (Å²) >= 11 is 0. The minimum Gasteiger partial charge on any atom is -0.197 e. The number of halogens is 1. The molecule has 0 bridgehead atoms. The maximum atomic E-state index is 12.2. The van der Waals surface area contributed by atoms with E-state index in [4.69, 9.17) is 5.26 Å². The molecule has 6 heteroatoms. The molecule has 0 atom stereocenters. The van der Waals surface area contributed by atoms with E-state index in [0.717, 1.165) is 0 Å². The van der Waals surface area contributed by atoms with E-state index in [-0.39, 0.29) is 6.54 Å². The van der Waals surface area contributed by atoms with Crippen LogP contribution < -0.4 is 0 Å². The summed E-state index contributed by atoms with van der Waals surface area (Å²) in [6.07, 6.45) is 0.491. The summed E-state index contributed by atoms with van der Waals surface area (Å²) in [4.78, 5) is 0. The zero-order valence-electron chi connectivity index (χ0n) is 6.12. The fourth-order valence-corrected chi connectivity index (χ4v) is 1.21.